The van der Waals surface area contributed by atoms with Gasteiger partial charge in [-0.15, -0.1) is 0 Å². The summed E-state index contributed by atoms with van der Waals surface area (Å²) in [4.78, 5) is 13.1. The van der Waals surface area contributed by atoms with Crippen LogP contribution in [0.5, 0.6) is 0 Å². The van der Waals surface area contributed by atoms with Crippen LogP contribution in [0.3, 0.4) is 0 Å². The molecular formula is C24H22FN7. The molecule has 0 bridgehead atoms. The Hall–Kier alpha value is -3.78. The number of nitrogens with zero attached hydrogens (tertiary/aromatic N) is 3. The lowest BCUT2D eigenvalue weighted by Gasteiger charge is -2.22. The molecule has 0 spiro atoms. The molecule has 5 heterocycles. The molecule has 0 aliphatic carbocycles. The Labute approximate surface area is 183 Å². The summed E-state index contributed by atoms with van der Waals surface area (Å²) in [6.07, 6.45) is 7.79. The standard InChI is InChI=1S/C24H22FN7/c25-16-4-1-3-15(13-16)17-5-2-10-27-23-20(17)29-24(30-23)22-21-19(31-32-22)7-6-18(28-21)14-8-11-26-12-9-14/h1-7,10,13-14,26-27H,8-9,11-12H2,(H,29,30)(H,31,32). The number of allylic oxidation sites excluding steroid dienone is 2. The van der Waals surface area contributed by atoms with Crippen LogP contribution in [-0.2, 0) is 0 Å². The fraction of sp³-hybridized carbons (Fsp3) is 0.208. The Morgan fingerprint density at radius 2 is 1.94 bits per heavy atom. The van der Waals surface area contributed by atoms with Gasteiger partial charge in [0.15, 0.2) is 17.3 Å². The van der Waals surface area contributed by atoms with Crippen LogP contribution < -0.4 is 10.6 Å². The summed E-state index contributed by atoms with van der Waals surface area (Å²) >= 11 is 0. The Morgan fingerprint density at radius 3 is 2.81 bits per heavy atom. The van der Waals surface area contributed by atoms with E-state index >= 15 is 0 Å². The van der Waals surface area contributed by atoms with Gasteiger partial charge < -0.3 is 15.6 Å². The third-order valence-electron chi connectivity index (χ3n) is 6.10. The summed E-state index contributed by atoms with van der Waals surface area (Å²) < 4.78 is 13.9. The van der Waals surface area contributed by atoms with Crippen molar-refractivity contribution in [2.45, 2.75) is 18.8 Å². The zero-order valence-corrected chi connectivity index (χ0v) is 17.3. The van der Waals surface area contributed by atoms with Gasteiger partial charge in [-0.2, -0.15) is 5.10 Å². The van der Waals surface area contributed by atoms with Gasteiger partial charge in [-0.05, 0) is 61.8 Å². The van der Waals surface area contributed by atoms with Crippen molar-refractivity contribution in [3.05, 3.63) is 77.5 Å². The zero-order chi connectivity index (χ0) is 21.5. The predicted molar refractivity (Wildman–Crippen MR) is 123 cm³/mol. The van der Waals surface area contributed by atoms with E-state index < -0.39 is 0 Å². The minimum Gasteiger partial charge on any atom is -0.345 e. The molecule has 4 N–H and O–H groups in total. The second-order valence-corrected chi connectivity index (χ2v) is 8.13. The van der Waals surface area contributed by atoms with Crippen LogP contribution in [0.4, 0.5) is 10.2 Å². The normalized spacial score (nSPS) is 16.5. The van der Waals surface area contributed by atoms with E-state index in [0.29, 0.717) is 23.3 Å². The first-order valence-electron chi connectivity index (χ1n) is 10.8. The van der Waals surface area contributed by atoms with Crippen LogP contribution in [0.25, 0.3) is 28.1 Å². The van der Waals surface area contributed by atoms with Crippen LogP contribution in [0, 0.1) is 5.82 Å². The fourth-order valence-electron chi connectivity index (χ4n) is 4.46. The van der Waals surface area contributed by atoms with Crippen LogP contribution in [-0.4, -0.2) is 38.2 Å². The van der Waals surface area contributed by atoms with Gasteiger partial charge in [-0.3, -0.25) is 5.10 Å². The van der Waals surface area contributed by atoms with E-state index in [4.69, 9.17) is 9.97 Å². The van der Waals surface area contributed by atoms with Gasteiger partial charge in [-0.25, -0.2) is 14.4 Å². The SMILES string of the molecule is Fc1cccc(C2=CC=CNc3nc(-c4n[nH]c5ccc(C6CCNCC6)nc45)[nH]c32)c1. The van der Waals surface area contributed by atoms with E-state index in [-0.39, 0.29) is 5.82 Å². The number of hydrogen-bond donors (Lipinski definition) is 4. The molecule has 3 aromatic heterocycles. The Kier molecular flexibility index (Phi) is 4.57. The first-order valence-corrected chi connectivity index (χ1v) is 10.8. The van der Waals surface area contributed by atoms with E-state index in [9.17, 15) is 4.39 Å². The van der Waals surface area contributed by atoms with E-state index in [1.54, 1.807) is 6.07 Å². The summed E-state index contributed by atoms with van der Waals surface area (Å²) in [5.74, 6) is 1.45. The molecule has 2 aliphatic heterocycles. The van der Waals surface area contributed by atoms with Gasteiger partial charge in [0.1, 0.15) is 11.3 Å². The predicted octanol–water partition coefficient (Wildman–Crippen LogP) is 4.33. The Morgan fingerprint density at radius 1 is 1.03 bits per heavy atom. The number of halogens is 1. The van der Waals surface area contributed by atoms with Gasteiger partial charge in [0, 0.05) is 23.4 Å². The molecule has 0 radical (unpaired) electrons. The molecule has 160 valence electrons. The van der Waals surface area contributed by atoms with Gasteiger partial charge in [0.05, 0.1) is 11.2 Å². The Bertz CT molecular complexity index is 1360. The highest BCUT2D eigenvalue weighted by molar-refractivity contribution is 5.91. The molecule has 8 heteroatoms. The van der Waals surface area contributed by atoms with Crippen molar-refractivity contribution < 1.29 is 4.39 Å². The Balaban J connectivity index is 1.43. The highest BCUT2D eigenvalue weighted by Gasteiger charge is 2.22. The van der Waals surface area contributed by atoms with Crippen molar-refractivity contribution in [1.29, 1.82) is 0 Å². The molecular weight excluding hydrogens is 405 g/mol. The third-order valence-corrected chi connectivity index (χ3v) is 6.10. The first-order chi connectivity index (χ1) is 15.8. The van der Waals surface area contributed by atoms with Crippen LogP contribution in [0.2, 0.25) is 0 Å². The third kappa shape index (κ3) is 3.29. The molecule has 7 nitrogen and oxygen atoms in total. The molecule has 32 heavy (non-hydrogen) atoms. The lowest BCUT2D eigenvalue weighted by Crippen LogP contribution is -2.27. The second kappa shape index (κ2) is 7.72. The minimum absolute atomic E-state index is 0.279. The van der Waals surface area contributed by atoms with Crippen molar-refractivity contribution in [2.24, 2.45) is 0 Å². The molecule has 1 fully saturated rings. The van der Waals surface area contributed by atoms with Crippen LogP contribution >= 0.6 is 0 Å². The molecule has 6 rings (SSSR count). The number of aromatic nitrogens is 5. The van der Waals surface area contributed by atoms with E-state index in [0.717, 1.165) is 59.5 Å². The van der Waals surface area contributed by atoms with Gasteiger partial charge in [0.25, 0.3) is 0 Å². The number of hydrogen-bond acceptors (Lipinski definition) is 5. The minimum atomic E-state index is -0.279. The maximum atomic E-state index is 13.9. The molecule has 2 aliphatic rings. The summed E-state index contributed by atoms with van der Waals surface area (Å²) in [5, 5.41) is 14.2. The lowest BCUT2D eigenvalue weighted by molar-refractivity contribution is 0.454. The molecule has 0 amide bonds. The van der Waals surface area contributed by atoms with Crippen LogP contribution in [0.1, 0.15) is 35.7 Å². The van der Waals surface area contributed by atoms with Crippen molar-refractivity contribution in [3.8, 4) is 11.5 Å². The summed E-state index contributed by atoms with van der Waals surface area (Å²) in [5.41, 5.74) is 5.84. The fourth-order valence-corrected chi connectivity index (χ4v) is 4.46. The smallest absolute Gasteiger partial charge is 0.163 e. The van der Waals surface area contributed by atoms with E-state index in [1.165, 1.54) is 12.1 Å². The molecule has 0 saturated carbocycles. The van der Waals surface area contributed by atoms with Crippen LogP contribution in [0.15, 0.2) is 54.8 Å². The van der Waals surface area contributed by atoms with Gasteiger partial charge in [0.2, 0.25) is 0 Å². The van der Waals surface area contributed by atoms with E-state index in [1.807, 2.05) is 30.5 Å². The average molecular weight is 427 g/mol. The second-order valence-electron chi connectivity index (χ2n) is 8.13. The number of piperidine rings is 1. The average Bonchev–Trinajstić information content (AvgIpc) is 3.38. The number of fused-ring (bicyclic) bond motifs is 2. The number of benzene rings is 1. The zero-order valence-electron chi connectivity index (χ0n) is 17.3. The lowest BCUT2D eigenvalue weighted by atomic mass is 9.94. The topological polar surface area (TPSA) is 94.3 Å². The molecule has 1 saturated heterocycles. The molecule has 0 atom stereocenters. The number of H-pyrrole nitrogens is 2. The number of rotatable bonds is 3. The quantitative estimate of drug-likeness (QED) is 0.391. The largest absolute Gasteiger partial charge is 0.345 e. The van der Waals surface area contributed by atoms with E-state index in [2.05, 4.69) is 31.9 Å². The van der Waals surface area contributed by atoms with Crippen molar-refractivity contribution in [3.63, 3.8) is 0 Å². The molecule has 4 aromatic rings. The highest BCUT2D eigenvalue weighted by Crippen LogP contribution is 2.34. The highest BCUT2D eigenvalue weighted by atomic mass is 19.1. The maximum absolute atomic E-state index is 13.9. The monoisotopic (exact) mass is 427 g/mol. The summed E-state index contributed by atoms with van der Waals surface area (Å²) in [6.45, 7) is 2.03. The number of aromatic amines is 2. The molecule has 1 aromatic carbocycles. The van der Waals surface area contributed by atoms with Crippen molar-refractivity contribution >= 4 is 22.4 Å². The van der Waals surface area contributed by atoms with Gasteiger partial charge >= 0.3 is 0 Å². The maximum Gasteiger partial charge on any atom is 0.163 e. The number of nitrogens with one attached hydrogen (secondary N) is 4. The van der Waals surface area contributed by atoms with Crippen molar-refractivity contribution in [1.82, 2.24) is 30.5 Å². The van der Waals surface area contributed by atoms with Gasteiger partial charge in [-0.1, -0.05) is 18.2 Å². The first kappa shape index (κ1) is 18.9. The summed E-state index contributed by atoms with van der Waals surface area (Å²) in [7, 11) is 0. The number of imidazole rings is 1. The number of pyridine rings is 1. The number of anilines is 1. The summed E-state index contributed by atoms with van der Waals surface area (Å²) in [6, 6.07) is 10.7. The molecule has 0 unspecified atom stereocenters. The van der Waals surface area contributed by atoms with Crippen molar-refractivity contribution in [2.75, 3.05) is 18.4 Å².